The molecule has 3 heterocycles. The van der Waals surface area contributed by atoms with Gasteiger partial charge in [0, 0.05) is 18.8 Å². The van der Waals surface area contributed by atoms with Crippen LogP contribution in [-0.2, 0) is 0 Å². The molecule has 140 valence electrons. The van der Waals surface area contributed by atoms with E-state index in [0.717, 1.165) is 12.0 Å². The van der Waals surface area contributed by atoms with Crippen LogP contribution in [0.4, 0.5) is 0 Å². The summed E-state index contributed by atoms with van der Waals surface area (Å²) in [6.07, 6.45) is 4.03. The number of nitrogens with one attached hydrogen (secondary N) is 2. The van der Waals surface area contributed by atoms with Crippen molar-refractivity contribution in [3.05, 3.63) is 64.0 Å². The van der Waals surface area contributed by atoms with E-state index in [2.05, 4.69) is 16.9 Å². The second-order valence-electron chi connectivity index (χ2n) is 6.62. The summed E-state index contributed by atoms with van der Waals surface area (Å²) < 4.78 is 3.15. The Morgan fingerprint density at radius 2 is 2.19 bits per heavy atom. The van der Waals surface area contributed by atoms with Gasteiger partial charge in [-0.15, -0.1) is 6.58 Å². The standard InChI is InChI=1S/C20H23N5O2/c1-5-9-22-19(26)14-10-15-18(25(17(14)21)13(4)6-2)23-16-8-7-12(3)11-24(16)20(15)27/h5,7-8,10-11,13,21H,1,6,9H2,2-4H3,(H,22,26)/t13-/m1/s1. The van der Waals surface area contributed by atoms with Crippen molar-refractivity contribution in [3.63, 3.8) is 0 Å². The molecule has 0 spiro atoms. The minimum Gasteiger partial charge on any atom is -0.348 e. The zero-order chi connectivity index (χ0) is 19.7. The molecule has 0 saturated carbocycles. The van der Waals surface area contributed by atoms with Crippen LogP contribution >= 0.6 is 0 Å². The maximum Gasteiger partial charge on any atom is 0.267 e. The van der Waals surface area contributed by atoms with Gasteiger partial charge in [-0.3, -0.25) is 19.4 Å². The van der Waals surface area contributed by atoms with Crippen LogP contribution in [0.3, 0.4) is 0 Å². The van der Waals surface area contributed by atoms with E-state index in [1.165, 1.54) is 10.5 Å². The van der Waals surface area contributed by atoms with Crippen molar-refractivity contribution < 1.29 is 4.79 Å². The van der Waals surface area contributed by atoms with E-state index >= 15 is 0 Å². The number of rotatable bonds is 5. The fourth-order valence-electron chi connectivity index (χ4n) is 3.05. The smallest absolute Gasteiger partial charge is 0.267 e. The molecule has 27 heavy (non-hydrogen) atoms. The fourth-order valence-corrected chi connectivity index (χ4v) is 3.05. The summed E-state index contributed by atoms with van der Waals surface area (Å²) in [6, 6.07) is 5.05. The van der Waals surface area contributed by atoms with Crippen molar-refractivity contribution in [2.75, 3.05) is 6.54 Å². The number of fused-ring (bicyclic) bond motifs is 2. The van der Waals surface area contributed by atoms with Crippen molar-refractivity contribution in [2.24, 2.45) is 0 Å². The van der Waals surface area contributed by atoms with Gasteiger partial charge >= 0.3 is 0 Å². The molecule has 0 aliphatic heterocycles. The van der Waals surface area contributed by atoms with Gasteiger partial charge in [0.05, 0.1) is 10.9 Å². The van der Waals surface area contributed by atoms with Crippen molar-refractivity contribution >= 4 is 22.6 Å². The summed E-state index contributed by atoms with van der Waals surface area (Å²) in [6.45, 7) is 9.71. The molecule has 7 nitrogen and oxygen atoms in total. The van der Waals surface area contributed by atoms with Crippen molar-refractivity contribution in [1.82, 2.24) is 19.3 Å². The lowest BCUT2D eigenvalue weighted by atomic mass is 10.1. The minimum atomic E-state index is -0.410. The molecule has 0 aliphatic rings. The average molecular weight is 365 g/mol. The fraction of sp³-hybridized carbons (Fsp3) is 0.300. The van der Waals surface area contributed by atoms with Gasteiger partial charge in [-0.25, -0.2) is 4.98 Å². The molecular weight excluding hydrogens is 342 g/mol. The van der Waals surface area contributed by atoms with E-state index in [1.807, 2.05) is 26.8 Å². The molecule has 0 aliphatic carbocycles. The molecule has 0 aromatic carbocycles. The predicted molar refractivity (Wildman–Crippen MR) is 105 cm³/mol. The summed E-state index contributed by atoms with van der Waals surface area (Å²) >= 11 is 0. The molecule has 3 rings (SSSR count). The first kappa shape index (κ1) is 18.6. The molecule has 1 atom stereocenters. The number of hydrogen-bond donors (Lipinski definition) is 2. The zero-order valence-corrected chi connectivity index (χ0v) is 15.7. The lowest BCUT2D eigenvalue weighted by molar-refractivity contribution is 0.0955. The van der Waals surface area contributed by atoms with Crippen LogP contribution in [0.25, 0.3) is 16.7 Å². The van der Waals surface area contributed by atoms with Gasteiger partial charge in [-0.1, -0.05) is 19.1 Å². The van der Waals surface area contributed by atoms with Gasteiger partial charge in [-0.2, -0.15) is 0 Å². The Morgan fingerprint density at radius 1 is 1.44 bits per heavy atom. The van der Waals surface area contributed by atoms with Gasteiger partial charge in [0.25, 0.3) is 11.5 Å². The molecule has 2 N–H and O–H groups in total. The molecule has 3 aromatic rings. The molecule has 1 amide bonds. The molecule has 0 saturated heterocycles. The highest BCUT2D eigenvalue weighted by molar-refractivity contribution is 5.96. The van der Waals surface area contributed by atoms with Crippen molar-refractivity contribution in [2.45, 2.75) is 33.2 Å². The van der Waals surface area contributed by atoms with Crippen LogP contribution < -0.4 is 16.4 Å². The Bertz CT molecular complexity index is 1170. The van der Waals surface area contributed by atoms with Crippen molar-refractivity contribution in [1.29, 1.82) is 5.41 Å². The van der Waals surface area contributed by atoms with Gasteiger partial charge < -0.3 is 9.88 Å². The third-order valence-corrected chi connectivity index (χ3v) is 4.68. The number of nitrogens with zero attached hydrogens (tertiary/aromatic N) is 3. The first-order chi connectivity index (χ1) is 12.9. The first-order valence-electron chi connectivity index (χ1n) is 8.91. The normalized spacial score (nSPS) is 12.3. The second kappa shape index (κ2) is 7.19. The Labute approximate surface area is 156 Å². The average Bonchev–Trinajstić information content (AvgIpc) is 2.66. The summed E-state index contributed by atoms with van der Waals surface area (Å²) in [5.74, 6) is -0.410. The van der Waals surface area contributed by atoms with Gasteiger partial charge in [0.15, 0.2) is 0 Å². The maximum atomic E-state index is 13.1. The summed E-state index contributed by atoms with van der Waals surface area (Å²) in [5, 5.41) is 11.6. The highest BCUT2D eigenvalue weighted by Gasteiger charge is 2.19. The molecule has 0 radical (unpaired) electrons. The van der Waals surface area contributed by atoms with Gasteiger partial charge in [-0.05, 0) is 38.0 Å². The summed E-state index contributed by atoms with van der Waals surface area (Å²) in [4.78, 5) is 30.3. The highest BCUT2D eigenvalue weighted by atomic mass is 16.1. The Hall–Kier alpha value is -3.22. The Morgan fingerprint density at radius 3 is 2.85 bits per heavy atom. The lowest BCUT2D eigenvalue weighted by Crippen LogP contribution is -2.36. The van der Waals surface area contributed by atoms with E-state index in [1.54, 1.807) is 22.9 Å². The van der Waals surface area contributed by atoms with Crippen LogP contribution in [0.5, 0.6) is 0 Å². The van der Waals surface area contributed by atoms with Crippen LogP contribution in [0.1, 0.15) is 42.2 Å². The van der Waals surface area contributed by atoms with E-state index < -0.39 is 5.91 Å². The summed E-state index contributed by atoms with van der Waals surface area (Å²) in [7, 11) is 0. The third kappa shape index (κ3) is 3.16. The number of carbonyl (C=O) groups excluding carboxylic acids is 1. The third-order valence-electron chi connectivity index (χ3n) is 4.68. The number of aryl methyl sites for hydroxylation is 1. The van der Waals surface area contributed by atoms with Gasteiger partial charge in [0.2, 0.25) is 0 Å². The maximum absolute atomic E-state index is 13.1. The number of amides is 1. The number of aromatic nitrogens is 3. The van der Waals surface area contributed by atoms with Crippen LogP contribution in [0.15, 0.2) is 41.8 Å². The van der Waals surface area contributed by atoms with Crippen LogP contribution in [-0.4, -0.2) is 26.4 Å². The van der Waals surface area contributed by atoms with E-state index in [0.29, 0.717) is 16.7 Å². The summed E-state index contributed by atoms with van der Waals surface area (Å²) in [5.41, 5.74) is 1.80. The van der Waals surface area contributed by atoms with Crippen molar-refractivity contribution in [3.8, 4) is 0 Å². The molecule has 0 bridgehead atoms. The number of carbonyl (C=O) groups is 1. The SMILES string of the molecule is C=CCNC(=O)c1cc2c(=O)n3cc(C)ccc3nc2n([C@H](C)CC)c1=N. The minimum absolute atomic E-state index is 0.0433. The molecule has 0 unspecified atom stereocenters. The monoisotopic (exact) mass is 365 g/mol. The first-order valence-corrected chi connectivity index (χ1v) is 8.91. The topological polar surface area (TPSA) is 92.2 Å². The quantitative estimate of drug-likeness (QED) is 0.537. The highest BCUT2D eigenvalue weighted by Crippen LogP contribution is 2.17. The molecule has 3 aromatic heterocycles. The Kier molecular flexibility index (Phi) is 4.94. The van der Waals surface area contributed by atoms with E-state index in [-0.39, 0.29) is 29.2 Å². The number of hydrogen-bond acceptors (Lipinski definition) is 4. The van der Waals surface area contributed by atoms with E-state index in [9.17, 15) is 9.59 Å². The van der Waals surface area contributed by atoms with Crippen LogP contribution in [0.2, 0.25) is 0 Å². The Balaban J connectivity index is 2.45. The molecule has 7 heteroatoms. The number of pyridine rings is 2. The largest absolute Gasteiger partial charge is 0.348 e. The lowest BCUT2D eigenvalue weighted by Gasteiger charge is -2.19. The zero-order valence-electron chi connectivity index (χ0n) is 15.7. The second-order valence-corrected chi connectivity index (χ2v) is 6.62. The molecule has 0 fully saturated rings. The van der Waals surface area contributed by atoms with Crippen LogP contribution in [0, 0.1) is 12.3 Å². The van der Waals surface area contributed by atoms with E-state index in [4.69, 9.17) is 5.41 Å². The molecular formula is C20H23N5O2. The predicted octanol–water partition coefficient (Wildman–Crippen LogP) is 2.32. The van der Waals surface area contributed by atoms with Gasteiger partial charge in [0.1, 0.15) is 16.8 Å².